The molecule has 2 N–H and O–H groups in total. The van der Waals surface area contributed by atoms with Crippen LogP contribution in [0.3, 0.4) is 0 Å². The monoisotopic (exact) mass is 490 g/mol. The van der Waals surface area contributed by atoms with Crippen LogP contribution in [0.5, 0.6) is 5.75 Å². The number of halogens is 1. The Morgan fingerprint density at radius 3 is 2.61 bits per heavy atom. The summed E-state index contributed by atoms with van der Waals surface area (Å²) in [5.41, 5.74) is 2.14. The van der Waals surface area contributed by atoms with E-state index in [9.17, 15) is 13.2 Å². The van der Waals surface area contributed by atoms with Gasteiger partial charge in [0.25, 0.3) is 5.91 Å². The molecule has 4 rings (SSSR count). The summed E-state index contributed by atoms with van der Waals surface area (Å²) in [5.74, 6) is -0.0971. The molecule has 9 nitrogen and oxygen atoms in total. The Morgan fingerprint density at radius 2 is 1.91 bits per heavy atom. The second-order valence-corrected chi connectivity index (χ2v) is 9.70. The van der Waals surface area contributed by atoms with E-state index in [1.54, 1.807) is 30.3 Å². The molecule has 1 saturated heterocycles. The molecule has 1 aliphatic heterocycles. The van der Waals surface area contributed by atoms with Gasteiger partial charge in [0.05, 0.1) is 26.0 Å². The van der Waals surface area contributed by atoms with E-state index in [2.05, 4.69) is 15.5 Å². The third-order valence-corrected chi connectivity index (χ3v) is 7.41. The van der Waals surface area contributed by atoms with Crippen LogP contribution in [0.2, 0.25) is 5.02 Å². The smallest absolute Gasteiger partial charge is 0.269 e. The molecule has 1 aromatic heterocycles. The number of sulfonamides is 1. The summed E-state index contributed by atoms with van der Waals surface area (Å²) in [6.45, 7) is 1.56. The minimum absolute atomic E-state index is 0.0427. The van der Waals surface area contributed by atoms with Crippen LogP contribution in [0.4, 0.5) is 0 Å². The van der Waals surface area contributed by atoms with Gasteiger partial charge in [0.1, 0.15) is 16.3 Å². The molecule has 33 heavy (non-hydrogen) atoms. The Morgan fingerprint density at radius 1 is 1.18 bits per heavy atom. The van der Waals surface area contributed by atoms with E-state index in [1.807, 2.05) is 12.1 Å². The van der Waals surface area contributed by atoms with Crippen molar-refractivity contribution in [2.75, 3.05) is 33.4 Å². The molecule has 2 aromatic carbocycles. The number of morpholine rings is 1. The summed E-state index contributed by atoms with van der Waals surface area (Å²) in [4.78, 5) is 12.6. The number of aromatic nitrogens is 2. The van der Waals surface area contributed by atoms with Gasteiger partial charge in [-0.3, -0.25) is 9.89 Å². The number of ether oxygens (including phenoxy) is 2. The molecule has 0 radical (unpaired) electrons. The first-order chi connectivity index (χ1) is 15.9. The Bertz CT molecular complexity index is 1240. The van der Waals surface area contributed by atoms with Crippen molar-refractivity contribution in [1.29, 1.82) is 0 Å². The van der Waals surface area contributed by atoms with Crippen LogP contribution in [0.15, 0.2) is 53.4 Å². The van der Waals surface area contributed by atoms with Crippen molar-refractivity contribution in [3.8, 4) is 17.0 Å². The molecular formula is C22H23ClN4O5S. The zero-order valence-corrected chi connectivity index (χ0v) is 19.4. The predicted octanol–water partition coefficient (Wildman–Crippen LogP) is 2.69. The number of amides is 1. The van der Waals surface area contributed by atoms with Crippen molar-refractivity contribution in [1.82, 2.24) is 19.8 Å². The number of hydrogen-bond acceptors (Lipinski definition) is 6. The van der Waals surface area contributed by atoms with Crippen LogP contribution >= 0.6 is 11.6 Å². The second-order valence-electron chi connectivity index (χ2n) is 7.36. The highest BCUT2D eigenvalue weighted by Gasteiger charge is 2.30. The van der Waals surface area contributed by atoms with E-state index < -0.39 is 10.0 Å². The molecule has 174 valence electrons. The van der Waals surface area contributed by atoms with E-state index in [1.165, 1.54) is 17.5 Å². The standard InChI is InChI=1S/C22H23ClN4O5S/c1-31-20-7-4-16(12-21(20)33(29,30)27-8-10-32-11-9-27)18-13-19(26-25-18)22(28)24-14-15-2-5-17(23)6-3-15/h2-7,12-13H,8-11,14H2,1H3,(H,24,28)(H,25,26). The van der Waals surface area contributed by atoms with Crippen molar-refractivity contribution >= 4 is 27.5 Å². The fourth-order valence-electron chi connectivity index (χ4n) is 3.43. The number of benzene rings is 2. The molecule has 1 amide bonds. The number of methoxy groups -OCH3 is 1. The molecule has 0 bridgehead atoms. The molecule has 0 saturated carbocycles. The maximum Gasteiger partial charge on any atom is 0.269 e. The molecule has 0 spiro atoms. The van der Waals surface area contributed by atoms with Crippen LogP contribution in [0.25, 0.3) is 11.3 Å². The predicted molar refractivity (Wildman–Crippen MR) is 123 cm³/mol. The molecular weight excluding hydrogens is 468 g/mol. The zero-order valence-electron chi connectivity index (χ0n) is 17.9. The highest BCUT2D eigenvalue weighted by atomic mass is 35.5. The first-order valence-electron chi connectivity index (χ1n) is 10.2. The van der Waals surface area contributed by atoms with E-state index >= 15 is 0 Å². The Hall–Kier alpha value is -2.92. The maximum atomic E-state index is 13.2. The van der Waals surface area contributed by atoms with Crippen LogP contribution < -0.4 is 10.1 Å². The fraction of sp³-hybridized carbons (Fsp3) is 0.273. The van der Waals surface area contributed by atoms with Gasteiger partial charge in [-0.15, -0.1) is 0 Å². The van der Waals surface area contributed by atoms with Crippen molar-refractivity contribution in [2.45, 2.75) is 11.4 Å². The van der Waals surface area contributed by atoms with Gasteiger partial charge in [0.2, 0.25) is 10.0 Å². The molecule has 3 aromatic rings. The number of carbonyl (C=O) groups is 1. The second kappa shape index (κ2) is 9.92. The number of nitrogens with zero attached hydrogens (tertiary/aromatic N) is 2. The molecule has 1 aliphatic rings. The molecule has 2 heterocycles. The summed E-state index contributed by atoms with van der Waals surface area (Å²) in [6.07, 6.45) is 0. The lowest BCUT2D eigenvalue weighted by Gasteiger charge is -2.26. The minimum atomic E-state index is -3.79. The van der Waals surface area contributed by atoms with E-state index in [0.29, 0.717) is 36.0 Å². The minimum Gasteiger partial charge on any atom is -0.495 e. The van der Waals surface area contributed by atoms with E-state index in [-0.39, 0.29) is 35.3 Å². The summed E-state index contributed by atoms with van der Waals surface area (Å²) < 4.78 is 38.3. The SMILES string of the molecule is COc1ccc(-c2cc(C(=O)NCc3ccc(Cl)cc3)[nH]n2)cc1S(=O)(=O)N1CCOCC1. The highest BCUT2D eigenvalue weighted by Crippen LogP contribution is 2.31. The third kappa shape index (κ3) is 5.19. The van der Waals surface area contributed by atoms with Gasteiger partial charge in [-0.1, -0.05) is 23.7 Å². The topological polar surface area (TPSA) is 114 Å². The van der Waals surface area contributed by atoms with Gasteiger partial charge < -0.3 is 14.8 Å². The number of carbonyl (C=O) groups excluding carboxylic acids is 1. The number of hydrogen-bond donors (Lipinski definition) is 2. The van der Waals surface area contributed by atoms with Crippen molar-refractivity contribution in [3.63, 3.8) is 0 Å². The average molecular weight is 491 g/mol. The molecule has 0 unspecified atom stereocenters. The Kier molecular flexibility index (Phi) is 6.99. The van der Waals surface area contributed by atoms with Crippen molar-refractivity contribution in [2.24, 2.45) is 0 Å². The number of rotatable bonds is 7. The van der Waals surface area contributed by atoms with Crippen LogP contribution in [0, 0.1) is 0 Å². The average Bonchev–Trinajstić information content (AvgIpc) is 3.34. The lowest BCUT2D eigenvalue weighted by Crippen LogP contribution is -2.40. The molecule has 1 fully saturated rings. The van der Waals surface area contributed by atoms with Gasteiger partial charge in [0.15, 0.2) is 0 Å². The zero-order chi connectivity index (χ0) is 23.4. The Balaban J connectivity index is 1.54. The van der Waals surface area contributed by atoms with Gasteiger partial charge in [-0.25, -0.2) is 8.42 Å². The van der Waals surface area contributed by atoms with Gasteiger partial charge in [0, 0.05) is 30.2 Å². The van der Waals surface area contributed by atoms with Crippen molar-refractivity contribution < 1.29 is 22.7 Å². The maximum absolute atomic E-state index is 13.2. The Labute approximate surface area is 196 Å². The van der Waals surface area contributed by atoms with Crippen LogP contribution in [-0.4, -0.2) is 62.2 Å². The van der Waals surface area contributed by atoms with E-state index in [0.717, 1.165) is 5.56 Å². The summed E-state index contributed by atoms with van der Waals surface area (Å²) in [7, 11) is -2.36. The first kappa shape index (κ1) is 23.2. The quantitative estimate of drug-likeness (QED) is 0.526. The van der Waals surface area contributed by atoms with Gasteiger partial charge in [-0.05, 0) is 42.0 Å². The summed E-state index contributed by atoms with van der Waals surface area (Å²) in [6, 6.07) is 13.5. The molecule has 0 aliphatic carbocycles. The normalized spacial score (nSPS) is 14.7. The van der Waals surface area contributed by atoms with Crippen molar-refractivity contribution in [3.05, 3.63) is 64.8 Å². The van der Waals surface area contributed by atoms with Crippen LogP contribution in [-0.2, 0) is 21.3 Å². The number of aromatic amines is 1. The largest absolute Gasteiger partial charge is 0.495 e. The van der Waals surface area contributed by atoms with Gasteiger partial charge in [-0.2, -0.15) is 9.40 Å². The lowest BCUT2D eigenvalue weighted by atomic mass is 10.1. The third-order valence-electron chi connectivity index (χ3n) is 5.24. The number of H-pyrrole nitrogens is 1. The first-order valence-corrected chi connectivity index (χ1v) is 12.0. The fourth-order valence-corrected chi connectivity index (χ4v) is 5.14. The summed E-state index contributed by atoms with van der Waals surface area (Å²) >= 11 is 5.88. The van der Waals surface area contributed by atoms with Gasteiger partial charge >= 0.3 is 0 Å². The van der Waals surface area contributed by atoms with E-state index in [4.69, 9.17) is 21.1 Å². The lowest BCUT2D eigenvalue weighted by molar-refractivity contribution is 0.0729. The summed E-state index contributed by atoms with van der Waals surface area (Å²) in [5, 5.41) is 10.3. The number of nitrogens with one attached hydrogen (secondary N) is 2. The highest BCUT2D eigenvalue weighted by molar-refractivity contribution is 7.89. The molecule has 11 heteroatoms. The van der Waals surface area contributed by atoms with Crippen LogP contribution in [0.1, 0.15) is 16.1 Å². The molecule has 0 atom stereocenters.